The molecule has 0 aliphatic heterocycles. The summed E-state index contributed by atoms with van der Waals surface area (Å²) < 4.78 is 18.9. The molecule has 0 fully saturated rings. The van der Waals surface area contributed by atoms with Crippen LogP contribution in [-0.4, -0.2) is 39.5 Å². The summed E-state index contributed by atoms with van der Waals surface area (Å²) in [4.78, 5) is 3.82. The SMILES string of the molecule is COc1ccc(Cl)c(B(O)O)c1F.Cc1cc(Br)cc2nnc(N)nc12.[CH2-]C#CC.[I][V]([I])[I]. The number of aryl methyl sites for hydroxylation is 1. The van der Waals surface area contributed by atoms with E-state index in [0.717, 1.165) is 21.1 Å². The minimum absolute atomic E-state index is 0.0479. The van der Waals surface area contributed by atoms with E-state index in [1.807, 2.05) is 19.1 Å². The van der Waals surface area contributed by atoms with Crippen molar-refractivity contribution in [3.05, 3.63) is 52.1 Å². The van der Waals surface area contributed by atoms with Crippen LogP contribution >= 0.6 is 87.5 Å². The molecule has 7 nitrogen and oxygen atoms in total. The number of benzene rings is 2. The predicted molar refractivity (Wildman–Crippen MR) is 163 cm³/mol. The second-order valence-electron chi connectivity index (χ2n) is 5.73. The number of nitrogens with zero attached hydrogens (tertiary/aromatic N) is 3. The van der Waals surface area contributed by atoms with Crippen LogP contribution in [0.1, 0.15) is 12.5 Å². The van der Waals surface area contributed by atoms with Gasteiger partial charge < -0.3 is 26.4 Å². The number of aromatic nitrogens is 3. The van der Waals surface area contributed by atoms with Crippen LogP contribution in [0.15, 0.2) is 28.7 Å². The van der Waals surface area contributed by atoms with Gasteiger partial charge in [0.1, 0.15) is 5.52 Å². The molecule has 0 spiro atoms. The second-order valence-corrected chi connectivity index (χ2v) is 42.4. The molecule has 0 radical (unpaired) electrons. The molecule has 0 aliphatic rings. The van der Waals surface area contributed by atoms with Gasteiger partial charge in [-0.3, -0.25) is 5.92 Å². The van der Waals surface area contributed by atoms with E-state index in [1.165, 1.54) is 19.2 Å². The molecule has 184 valence electrons. The van der Waals surface area contributed by atoms with Crippen LogP contribution in [-0.2, 0) is 4.92 Å². The van der Waals surface area contributed by atoms with E-state index in [9.17, 15) is 4.39 Å². The summed E-state index contributed by atoms with van der Waals surface area (Å²) in [5, 5.41) is 25.1. The maximum atomic E-state index is 13.3. The molecule has 1 aromatic heterocycles. The van der Waals surface area contributed by atoms with Crippen molar-refractivity contribution in [1.82, 2.24) is 15.2 Å². The van der Waals surface area contributed by atoms with E-state index in [2.05, 4.69) is 115 Å². The van der Waals surface area contributed by atoms with E-state index in [4.69, 9.17) is 27.4 Å². The zero-order valence-corrected chi connectivity index (χ0v) is 28.2. The Bertz CT molecular complexity index is 1130. The summed E-state index contributed by atoms with van der Waals surface area (Å²) in [5.41, 5.74) is 7.65. The van der Waals surface area contributed by atoms with Crippen molar-refractivity contribution in [3.8, 4) is 17.6 Å². The number of fused-ring (bicyclic) bond motifs is 1. The Morgan fingerprint density at radius 3 is 2.29 bits per heavy atom. The van der Waals surface area contributed by atoms with E-state index < -0.39 is 12.9 Å². The standard InChI is InChI=1S/C8H7BrN4.C7H7BClFO3.C4H5.3HI.V/c1-4-2-5(9)3-6-7(4)11-8(10)13-12-6;1-13-5-3-2-4(9)6(7(5)10)8(11)12;1-3-4-2;;;;/h2-3H,1H3,(H2,10,11,13);2-3,11-12H,1H3;1H2,2H3;3*1H;/q;;-1;;;;+3/p-3. The van der Waals surface area contributed by atoms with Crippen molar-refractivity contribution in [2.24, 2.45) is 0 Å². The van der Waals surface area contributed by atoms with Crippen molar-refractivity contribution in [2.75, 3.05) is 12.8 Å². The first kappa shape index (κ1) is 34.2. The van der Waals surface area contributed by atoms with E-state index in [1.54, 1.807) is 6.92 Å². The van der Waals surface area contributed by atoms with Gasteiger partial charge in [0.05, 0.1) is 12.6 Å². The molecule has 0 unspecified atom stereocenters. The number of hydrogen-bond acceptors (Lipinski definition) is 7. The monoisotopic (exact) mass is 927 g/mol. The third kappa shape index (κ3) is 12.9. The molecule has 15 heteroatoms. The zero-order chi connectivity index (χ0) is 26.4. The number of hydrogen-bond donors (Lipinski definition) is 3. The quantitative estimate of drug-likeness (QED) is 0.138. The summed E-state index contributed by atoms with van der Waals surface area (Å²) in [6, 6.07) is 6.47. The Labute approximate surface area is 249 Å². The fourth-order valence-electron chi connectivity index (χ4n) is 2.13. The molecule has 2 aromatic carbocycles. The van der Waals surface area contributed by atoms with Gasteiger partial charge in [-0.2, -0.15) is 6.92 Å². The number of halogens is 6. The first-order valence-electron chi connectivity index (χ1n) is 8.79. The Morgan fingerprint density at radius 2 is 1.82 bits per heavy atom. The van der Waals surface area contributed by atoms with Gasteiger partial charge in [0.25, 0.3) is 0 Å². The third-order valence-electron chi connectivity index (χ3n) is 3.48. The number of methoxy groups -OCH3 is 1. The first-order valence-corrected chi connectivity index (χ1v) is 23.5. The maximum absolute atomic E-state index is 13.3. The normalized spacial score (nSPS) is 9.29. The van der Waals surface area contributed by atoms with Crippen LogP contribution in [0.4, 0.5) is 10.3 Å². The van der Waals surface area contributed by atoms with Crippen LogP contribution in [0.3, 0.4) is 0 Å². The molecule has 34 heavy (non-hydrogen) atoms. The topological polar surface area (TPSA) is 114 Å². The van der Waals surface area contributed by atoms with Gasteiger partial charge >= 0.3 is 72.0 Å². The molecule has 4 N–H and O–H groups in total. The van der Waals surface area contributed by atoms with Gasteiger partial charge in [-0.05, 0) is 36.8 Å². The zero-order valence-electron chi connectivity index (χ0n) is 18.0. The Kier molecular flexibility index (Phi) is 18.6. The Balaban J connectivity index is 0.000000490. The Hall–Kier alpha value is 0.199. The number of ether oxygens (including phenoxy) is 1. The summed E-state index contributed by atoms with van der Waals surface area (Å²) >= 11 is 16.3. The molecule has 0 atom stereocenters. The van der Waals surface area contributed by atoms with Crippen molar-refractivity contribution in [3.63, 3.8) is 0 Å². The van der Waals surface area contributed by atoms with Gasteiger partial charge in [-0.25, -0.2) is 9.37 Å². The fourth-order valence-corrected chi connectivity index (χ4v) is 2.93. The van der Waals surface area contributed by atoms with Crippen molar-refractivity contribution < 1.29 is 24.1 Å². The summed E-state index contributed by atoms with van der Waals surface area (Å²) in [6.45, 7) is 6.96. The summed E-state index contributed by atoms with van der Waals surface area (Å²) in [6.07, 6.45) is 0. The average Bonchev–Trinajstić information content (AvgIpc) is 2.74. The molecular weight excluding hydrogens is 909 g/mol. The number of nitrogen functional groups attached to an aromatic ring is 1. The van der Waals surface area contributed by atoms with E-state index in [0.29, 0.717) is 0 Å². The number of nitrogens with two attached hydrogens (primary N) is 1. The first-order chi connectivity index (χ1) is 15.9. The molecule has 0 bridgehead atoms. The minimum atomic E-state index is -1.94. The van der Waals surface area contributed by atoms with Gasteiger partial charge in [-0.15, -0.1) is 10.2 Å². The van der Waals surface area contributed by atoms with Crippen molar-refractivity contribution >= 4 is 117 Å². The molecule has 0 saturated heterocycles. The number of anilines is 1. The Morgan fingerprint density at radius 1 is 1.26 bits per heavy atom. The molecule has 1 heterocycles. The molecule has 0 amide bonds. The van der Waals surface area contributed by atoms with Crippen molar-refractivity contribution in [1.29, 1.82) is 0 Å². The molecule has 0 aliphatic carbocycles. The summed E-state index contributed by atoms with van der Waals surface area (Å²) in [7, 11) is -0.664. The van der Waals surface area contributed by atoms with E-state index in [-0.39, 0.29) is 27.1 Å². The predicted octanol–water partition coefficient (Wildman–Crippen LogP) is 5.34. The van der Waals surface area contributed by atoms with Gasteiger partial charge in [0.2, 0.25) is 5.95 Å². The molecule has 0 saturated carbocycles. The van der Waals surface area contributed by atoms with Crippen LogP contribution in [0.25, 0.3) is 11.0 Å². The van der Waals surface area contributed by atoms with Crippen LogP contribution in [0, 0.1) is 31.5 Å². The van der Waals surface area contributed by atoms with E-state index >= 15 is 0 Å². The van der Waals surface area contributed by atoms with Crippen molar-refractivity contribution in [2.45, 2.75) is 13.8 Å². The molecule has 3 rings (SSSR count). The molecule has 3 aromatic rings. The van der Waals surface area contributed by atoms with Gasteiger partial charge in [0, 0.05) is 15.0 Å². The fraction of sp³-hybridized carbons (Fsp3) is 0.158. The summed E-state index contributed by atoms with van der Waals surface area (Å²) in [5.74, 6) is 4.27. The van der Waals surface area contributed by atoms with Crippen LogP contribution in [0.5, 0.6) is 5.75 Å². The second kappa shape index (κ2) is 18.4. The van der Waals surface area contributed by atoms with Gasteiger partial charge in [0.15, 0.2) is 11.6 Å². The van der Waals surface area contributed by atoms with Crippen LogP contribution in [0.2, 0.25) is 5.02 Å². The number of rotatable bonds is 2. The van der Waals surface area contributed by atoms with Gasteiger partial charge in [-0.1, -0.05) is 34.5 Å². The molecular formula is C19H19BBrClFI3N4O3V-. The average molecular weight is 928 g/mol. The third-order valence-corrected chi connectivity index (χ3v) is 4.27. The van der Waals surface area contributed by atoms with Crippen LogP contribution < -0.4 is 15.9 Å².